The molecule has 0 aliphatic heterocycles. The number of hydrogen-bond acceptors (Lipinski definition) is 2. The zero-order valence-electron chi connectivity index (χ0n) is 9.44. The van der Waals surface area contributed by atoms with Gasteiger partial charge in [0.05, 0.1) is 0 Å². The van der Waals surface area contributed by atoms with Crippen molar-refractivity contribution in [3.05, 3.63) is 47.5 Å². The van der Waals surface area contributed by atoms with E-state index in [2.05, 4.69) is 11.8 Å². The van der Waals surface area contributed by atoms with Gasteiger partial charge in [0.1, 0.15) is 0 Å². The van der Waals surface area contributed by atoms with Crippen LogP contribution in [0.4, 0.5) is 0 Å². The maximum atomic E-state index is 11.0. The highest BCUT2D eigenvalue weighted by atomic mass is 16.1. The van der Waals surface area contributed by atoms with Crippen LogP contribution in [-0.2, 0) is 0 Å². The molecule has 2 aromatic rings. The normalized spacial score (nSPS) is 9.71. The van der Waals surface area contributed by atoms with Crippen molar-refractivity contribution in [2.75, 3.05) is 6.54 Å². The van der Waals surface area contributed by atoms with E-state index in [9.17, 15) is 4.79 Å². The van der Waals surface area contributed by atoms with E-state index in [1.165, 1.54) is 0 Å². The predicted octanol–water partition coefficient (Wildman–Crippen LogP) is 2.35. The minimum atomic E-state index is 0.536. The topological polar surface area (TPSA) is 43.1 Å². The molecular weight excluding hydrogens is 210 g/mol. The molecule has 2 aromatic carbocycles. The molecule has 2 heteroatoms. The van der Waals surface area contributed by atoms with Gasteiger partial charge in [-0.1, -0.05) is 42.2 Å². The summed E-state index contributed by atoms with van der Waals surface area (Å²) < 4.78 is 0. The maximum Gasteiger partial charge on any atom is 0.151 e. The van der Waals surface area contributed by atoms with Crippen molar-refractivity contribution in [2.45, 2.75) is 6.42 Å². The molecule has 0 aromatic heterocycles. The Hall–Kier alpha value is -2.11. The third kappa shape index (κ3) is 2.35. The Labute approximate surface area is 100 Å². The largest absolute Gasteiger partial charge is 0.330 e. The van der Waals surface area contributed by atoms with E-state index < -0.39 is 0 Å². The molecule has 17 heavy (non-hydrogen) atoms. The average Bonchev–Trinajstić information content (AvgIpc) is 2.39. The summed E-state index contributed by atoms with van der Waals surface area (Å²) in [6.07, 6.45) is 1.49. The Morgan fingerprint density at radius 3 is 2.76 bits per heavy atom. The van der Waals surface area contributed by atoms with Gasteiger partial charge in [0.25, 0.3) is 0 Å². The van der Waals surface area contributed by atoms with E-state index in [4.69, 9.17) is 5.73 Å². The van der Waals surface area contributed by atoms with Gasteiger partial charge in [-0.25, -0.2) is 0 Å². The summed E-state index contributed by atoms with van der Waals surface area (Å²) in [5, 5.41) is 2.11. The highest BCUT2D eigenvalue weighted by molar-refractivity contribution is 5.95. The van der Waals surface area contributed by atoms with Crippen molar-refractivity contribution in [3.63, 3.8) is 0 Å². The Morgan fingerprint density at radius 1 is 1.18 bits per heavy atom. The molecule has 2 N–H and O–H groups in total. The van der Waals surface area contributed by atoms with Crippen molar-refractivity contribution in [1.29, 1.82) is 0 Å². The number of benzene rings is 2. The van der Waals surface area contributed by atoms with Crippen LogP contribution < -0.4 is 5.73 Å². The van der Waals surface area contributed by atoms with Gasteiger partial charge in [-0.2, -0.15) is 0 Å². The van der Waals surface area contributed by atoms with Crippen LogP contribution in [0.15, 0.2) is 36.4 Å². The molecule has 0 fully saturated rings. The molecule has 0 heterocycles. The van der Waals surface area contributed by atoms with E-state index >= 15 is 0 Å². The molecule has 0 saturated carbocycles. The van der Waals surface area contributed by atoms with Crippen LogP contribution >= 0.6 is 0 Å². The van der Waals surface area contributed by atoms with Crippen LogP contribution in [0.3, 0.4) is 0 Å². The number of rotatable bonds is 2. The summed E-state index contributed by atoms with van der Waals surface area (Å²) >= 11 is 0. The van der Waals surface area contributed by atoms with Crippen molar-refractivity contribution in [3.8, 4) is 11.8 Å². The lowest BCUT2D eigenvalue weighted by Gasteiger charge is -2.03. The SMILES string of the molecule is NCCC#Cc1c(C=O)ccc2ccccc12. The van der Waals surface area contributed by atoms with Gasteiger partial charge in [-0.15, -0.1) is 0 Å². The van der Waals surface area contributed by atoms with E-state index in [0.717, 1.165) is 22.6 Å². The van der Waals surface area contributed by atoms with Gasteiger partial charge in [0.2, 0.25) is 0 Å². The molecule has 0 radical (unpaired) electrons. The Morgan fingerprint density at radius 2 is 2.00 bits per heavy atom. The van der Waals surface area contributed by atoms with Crippen LogP contribution in [0.25, 0.3) is 10.8 Å². The minimum absolute atomic E-state index is 0.536. The Bertz CT molecular complexity index is 605. The van der Waals surface area contributed by atoms with E-state index in [1.54, 1.807) is 0 Å². The lowest BCUT2D eigenvalue weighted by Crippen LogP contribution is -1.96. The third-order valence-electron chi connectivity index (χ3n) is 2.57. The fraction of sp³-hybridized carbons (Fsp3) is 0.133. The van der Waals surface area contributed by atoms with Gasteiger partial charge >= 0.3 is 0 Å². The molecular formula is C15H13NO. The first kappa shape index (κ1) is 11.4. The van der Waals surface area contributed by atoms with Gasteiger partial charge in [0, 0.05) is 24.1 Å². The van der Waals surface area contributed by atoms with Crippen molar-refractivity contribution >= 4 is 17.1 Å². The van der Waals surface area contributed by atoms with Crippen LogP contribution in [0.1, 0.15) is 22.3 Å². The van der Waals surface area contributed by atoms with E-state index in [-0.39, 0.29) is 0 Å². The lowest BCUT2D eigenvalue weighted by molar-refractivity contribution is 0.112. The molecule has 0 atom stereocenters. The smallest absolute Gasteiger partial charge is 0.151 e. The first-order valence-corrected chi connectivity index (χ1v) is 5.52. The fourth-order valence-electron chi connectivity index (χ4n) is 1.75. The quantitative estimate of drug-likeness (QED) is 0.627. The van der Waals surface area contributed by atoms with Gasteiger partial charge in [-0.3, -0.25) is 4.79 Å². The van der Waals surface area contributed by atoms with Crippen LogP contribution in [0, 0.1) is 11.8 Å². The Kier molecular flexibility index (Phi) is 3.54. The molecule has 84 valence electrons. The predicted molar refractivity (Wildman–Crippen MR) is 69.9 cm³/mol. The number of carbonyl (C=O) groups is 1. The summed E-state index contributed by atoms with van der Waals surface area (Å²) in [7, 11) is 0. The summed E-state index contributed by atoms with van der Waals surface area (Å²) in [4.78, 5) is 11.0. The number of hydrogen-bond donors (Lipinski definition) is 1. The van der Waals surface area contributed by atoms with Gasteiger partial charge in [-0.05, 0) is 16.8 Å². The monoisotopic (exact) mass is 223 g/mol. The van der Waals surface area contributed by atoms with Crippen LogP contribution in [0.2, 0.25) is 0 Å². The zero-order chi connectivity index (χ0) is 12.1. The van der Waals surface area contributed by atoms with Gasteiger partial charge in [0.15, 0.2) is 6.29 Å². The molecule has 0 bridgehead atoms. The van der Waals surface area contributed by atoms with Crippen LogP contribution in [-0.4, -0.2) is 12.8 Å². The van der Waals surface area contributed by atoms with Gasteiger partial charge < -0.3 is 5.73 Å². The molecule has 0 aliphatic rings. The second kappa shape index (κ2) is 5.29. The molecule has 0 saturated heterocycles. The molecule has 2 rings (SSSR count). The summed E-state index contributed by atoms with van der Waals surface area (Å²) in [6.45, 7) is 0.536. The lowest BCUT2D eigenvalue weighted by atomic mass is 10.00. The second-order valence-electron chi connectivity index (χ2n) is 3.71. The van der Waals surface area contributed by atoms with Crippen molar-refractivity contribution < 1.29 is 4.79 Å². The zero-order valence-corrected chi connectivity index (χ0v) is 9.44. The summed E-state index contributed by atoms with van der Waals surface area (Å²) in [6, 6.07) is 11.7. The number of nitrogens with two attached hydrogens (primary N) is 1. The second-order valence-corrected chi connectivity index (χ2v) is 3.71. The first-order valence-electron chi connectivity index (χ1n) is 5.52. The van der Waals surface area contributed by atoms with Crippen LogP contribution in [0.5, 0.6) is 0 Å². The maximum absolute atomic E-state index is 11.0. The fourth-order valence-corrected chi connectivity index (χ4v) is 1.75. The molecule has 2 nitrogen and oxygen atoms in total. The first-order chi connectivity index (χ1) is 8.36. The molecule has 0 aliphatic carbocycles. The average molecular weight is 223 g/mol. The Balaban J connectivity index is 2.64. The minimum Gasteiger partial charge on any atom is -0.330 e. The molecule has 0 spiro atoms. The number of carbonyl (C=O) groups excluding carboxylic acids is 1. The number of fused-ring (bicyclic) bond motifs is 1. The van der Waals surface area contributed by atoms with Crippen molar-refractivity contribution in [2.24, 2.45) is 5.73 Å². The van der Waals surface area contributed by atoms with E-state index in [1.807, 2.05) is 36.4 Å². The number of aldehydes is 1. The highest BCUT2D eigenvalue weighted by Crippen LogP contribution is 2.20. The molecule has 0 unspecified atom stereocenters. The van der Waals surface area contributed by atoms with E-state index in [0.29, 0.717) is 18.5 Å². The summed E-state index contributed by atoms with van der Waals surface area (Å²) in [5.74, 6) is 6.03. The molecule has 0 amide bonds. The third-order valence-corrected chi connectivity index (χ3v) is 2.57. The van der Waals surface area contributed by atoms with Crippen molar-refractivity contribution in [1.82, 2.24) is 0 Å². The highest BCUT2D eigenvalue weighted by Gasteiger charge is 2.03. The standard InChI is InChI=1S/C15H13NO/c16-10-4-3-7-15-13(11-17)9-8-12-5-1-2-6-14(12)15/h1-2,5-6,8-9,11H,4,10,16H2. The summed E-state index contributed by atoms with van der Waals surface area (Å²) in [5.41, 5.74) is 6.83.